The summed E-state index contributed by atoms with van der Waals surface area (Å²) in [4.78, 5) is 24.2. The van der Waals surface area contributed by atoms with Crippen molar-refractivity contribution in [3.8, 4) is 0 Å². The number of furan rings is 1. The predicted molar refractivity (Wildman–Crippen MR) is 84.8 cm³/mol. The summed E-state index contributed by atoms with van der Waals surface area (Å²) in [6.07, 6.45) is -4.17. The number of aliphatic hydroxyl groups is 1. The van der Waals surface area contributed by atoms with E-state index in [4.69, 9.17) is 4.42 Å². The van der Waals surface area contributed by atoms with Crippen molar-refractivity contribution in [2.24, 2.45) is 0 Å². The van der Waals surface area contributed by atoms with E-state index in [9.17, 15) is 36.3 Å². The topological polar surface area (TPSA) is 114 Å². The maximum atomic E-state index is 12.9. The van der Waals surface area contributed by atoms with Gasteiger partial charge in [0.25, 0.3) is 5.91 Å². The number of halogens is 3. The number of nitrogens with one attached hydrogen (secondary N) is 1. The highest BCUT2D eigenvalue weighted by molar-refractivity contribution is 7.90. The highest BCUT2D eigenvalue weighted by Crippen LogP contribution is 2.36. The zero-order valence-corrected chi connectivity index (χ0v) is 14.4. The van der Waals surface area contributed by atoms with Gasteiger partial charge in [-0.15, -0.1) is 0 Å². The molecule has 11 heteroatoms. The molecule has 1 aromatic heterocycles. The molecule has 2 N–H and O–H groups in total. The van der Waals surface area contributed by atoms with Crippen molar-refractivity contribution in [3.63, 3.8) is 0 Å². The second-order valence-electron chi connectivity index (χ2n) is 6.07. The summed E-state index contributed by atoms with van der Waals surface area (Å²) in [5.41, 5.74) is -4.67. The molecule has 0 spiro atoms. The average Bonchev–Trinajstić information content (AvgIpc) is 2.97. The fourth-order valence-electron chi connectivity index (χ4n) is 2.55. The smallest absolute Gasteiger partial charge is 0.426 e. The van der Waals surface area contributed by atoms with Crippen LogP contribution in [0.2, 0.25) is 0 Å². The number of benzene rings is 1. The van der Waals surface area contributed by atoms with Crippen LogP contribution in [0.5, 0.6) is 0 Å². The number of hydrogen-bond donors (Lipinski definition) is 2. The van der Waals surface area contributed by atoms with Crippen molar-refractivity contribution >= 4 is 27.2 Å². The molecule has 0 unspecified atom stereocenters. The largest absolute Gasteiger partial charge is 0.461 e. The number of sulfone groups is 1. The maximum absolute atomic E-state index is 12.9. The lowest BCUT2D eigenvalue weighted by Crippen LogP contribution is -2.52. The first-order valence-electron chi connectivity index (χ1n) is 7.43. The van der Waals surface area contributed by atoms with Crippen LogP contribution in [-0.4, -0.2) is 37.0 Å². The Morgan fingerprint density at radius 2 is 1.93 bits per heavy atom. The third-order valence-electron chi connectivity index (χ3n) is 4.13. The molecule has 0 saturated heterocycles. The van der Waals surface area contributed by atoms with Crippen LogP contribution in [0.15, 0.2) is 39.8 Å². The summed E-state index contributed by atoms with van der Waals surface area (Å²) >= 11 is 0. The van der Waals surface area contributed by atoms with Gasteiger partial charge in [-0.05, 0) is 25.1 Å². The minimum absolute atomic E-state index is 0.0933. The van der Waals surface area contributed by atoms with Gasteiger partial charge in [0, 0.05) is 5.56 Å². The first-order chi connectivity index (χ1) is 12.4. The molecule has 1 atom stereocenters. The Hall–Kier alpha value is -2.66. The molecule has 0 aliphatic carbocycles. The highest BCUT2D eigenvalue weighted by atomic mass is 32.2. The molecule has 2 heterocycles. The zero-order chi connectivity index (χ0) is 20.2. The van der Waals surface area contributed by atoms with E-state index in [1.165, 1.54) is 6.07 Å². The first-order valence-corrected chi connectivity index (χ1v) is 9.09. The molecule has 0 fully saturated rings. The SMILES string of the molecule is C[C@](O)(C(=O)Nc1cccc2c1C(=O)c1occc1CS2(=O)=O)C(F)(F)F. The first kappa shape index (κ1) is 19.1. The van der Waals surface area contributed by atoms with Gasteiger partial charge in [0.05, 0.1) is 28.2 Å². The number of ketones is 1. The molecule has 1 aliphatic heterocycles. The fraction of sp³-hybridized carbons (Fsp3) is 0.250. The average molecular weight is 403 g/mol. The number of carbonyl (C=O) groups excluding carboxylic acids is 2. The van der Waals surface area contributed by atoms with E-state index in [1.807, 2.05) is 0 Å². The molecule has 3 rings (SSSR count). The normalized spacial score (nSPS) is 18.0. The Morgan fingerprint density at radius 3 is 2.56 bits per heavy atom. The molecule has 1 aliphatic rings. The lowest BCUT2D eigenvalue weighted by Gasteiger charge is -2.25. The molecule has 2 aromatic rings. The van der Waals surface area contributed by atoms with Gasteiger partial charge < -0.3 is 14.8 Å². The van der Waals surface area contributed by atoms with E-state index in [0.717, 1.165) is 24.5 Å². The summed E-state index contributed by atoms with van der Waals surface area (Å²) in [5.74, 6) is -3.61. The van der Waals surface area contributed by atoms with E-state index in [0.29, 0.717) is 0 Å². The second-order valence-corrected chi connectivity index (χ2v) is 8.02. The summed E-state index contributed by atoms with van der Waals surface area (Å²) in [7, 11) is -4.03. The highest BCUT2D eigenvalue weighted by Gasteiger charge is 2.56. The van der Waals surface area contributed by atoms with Crippen molar-refractivity contribution in [1.29, 1.82) is 0 Å². The van der Waals surface area contributed by atoms with Crippen molar-refractivity contribution in [3.05, 3.63) is 47.4 Å². The quantitative estimate of drug-likeness (QED) is 0.794. The Balaban J connectivity index is 2.15. The van der Waals surface area contributed by atoms with Crippen LogP contribution >= 0.6 is 0 Å². The van der Waals surface area contributed by atoms with Crippen LogP contribution < -0.4 is 5.32 Å². The number of carbonyl (C=O) groups is 2. The van der Waals surface area contributed by atoms with Gasteiger partial charge in [-0.1, -0.05) is 6.07 Å². The molecular formula is C16H12F3NO6S. The molecule has 7 nitrogen and oxygen atoms in total. The lowest BCUT2D eigenvalue weighted by atomic mass is 10.0. The second kappa shape index (κ2) is 5.92. The van der Waals surface area contributed by atoms with Crippen LogP contribution in [0.1, 0.15) is 28.6 Å². The van der Waals surface area contributed by atoms with Gasteiger partial charge in [-0.3, -0.25) is 9.59 Å². The number of anilines is 1. The van der Waals surface area contributed by atoms with Crippen molar-refractivity contribution in [2.75, 3.05) is 5.32 Å². The molecular weight excluding hydrogens is 391 g/mol. The minimum Gasteiger partial charge on any atom is -0.461 e. The van der Waals surface area contributed by atoms with Gasteiger partial charge in [0.15, 0.2) is 15.6 Å². The summed E-state index contributed by atoms with van der Waals surface area (Å²) in [5, 5.41) is 11.3. The van der Waals surface area contributed by atoms with E-state index < -0.39 is 55.2 Å². The third-order valence-corrected chi connectivity index (χ3v) is 5.83. The Bertz CT molecular complexity index is 1050. The van der Waals surface area contributed by atoms with Crippen LogP contribution in [0.4, 0.5) is 18.9 Å². The third kappa shape index (κ3) is 3.02. The van der Waals surface area contributed by atoms with Crippen LogP contribution in [0.25, 0.3) is 0 Å². The lowest BCUT2D eigenvalue weighted by molar-refractivity contribution is -0.242. The van der Waals surface area contributed by atoms with Gasteiger partial charge in [0.1, 0.15) is 0 Å². The Labute approximate surface area is 150 Å². The number of amides is 1. The zero-order valence-electron chi connectivity index (χ0n) is 13.6. The summed E-state index contributed by atoms with van der Waals surface area (Å²) < 4.78 is 68.7. The van der Waals surface area contributed by atoms with Crippen LogP contribution in [0, 0.1) is 0 Å². The predicted octanol–water partition coefficient (Wildman–Crippen LogP) is 2.05. The summed E-state index contributed by atoms with van der Waals surface area (Å²) in [6.45, 7) is 0.243. The van der Waals surface area contributed by atoms with Gasteiger partial charge in [-0.25, -0.2) is 8.42 Å². The molecule has 0 radical (unpaired) electrons. The fourth-order valence-corrected chi connectivity index (χ4v) is 4.14. The van der Waals surface area contributed by atoms with E-state index in [1.54, 1.807) is 5.32 Å². The monoisotopic (exact) mass is 403 g/mol. The maximum Gasteiger partial charge on any atom is 0.426 e. The van der Waals surface area contributed by atoms with Crippen LogP contribution in [-0.2, 0) is 20.4 Å². The molecule has 27 heavy (non-hydrogen) atoms. The van der Waals surface area contributed by atoms with Gasteiger partial charge in [0.2, 0.25) is 11.4 Å². The molecule has 144 valence electrons. The molecule has 0 saturated carbocycles. The van der Waals surface area contributed by atoms with Crippen molar-refractivity contribution in [1.82, 2.24) is 0 Å². The molecule has 1 amide bonds. The number of fused-ring (bicyclic) bond motifs is 2. The standard InChI is InChI=1S/C16H12F3NO6S/c1-15(23,16(17,18)19)14(22)20-9-3-2-4-10-11(9)12(21)13-8(5-6-26-13)7-27(10,24)25/h2-6,23H,7H2,1H3,(H,20,22)/t15-/m0/s1. The molecule has 0 bridgehead atoms. The number of rotatable bonds is 2. The van der Waals surface area contributed by atoms with E-state index >= 15 is 0 Å². The van der Waals surface area contributed by atoms with Gasteiger partial charge in [-0.2, -0.15) is 13.2 Å². The van der Waals surface area contributed by atoms with Gasteiger partial charge >= 0.3 is 6.18 Å². The van der Waals surface area contributed by atoms with E-state index in [-0.39, 0.29) is 18.2 Å². The number of hydrogen-bond acceptors (Lipinski definition) is 6. The Kier molecular flexibility index (Phi) is 4.19. The number of alkyl halides is 3. The minimum atomic E-state index is -5.28. The summed E-state index contributed by atoms with van der Waals surface area (Å²) in [6, 6.07) is 4.62. The Morgan fingerprint density at radius 1 is 1.26 bits per heavy atom. The van der Waals surface area contributed by atoms with Crippen molar-refractivity contribution in [2.45, 2.75) is 29.3 Å². The van der Waals surface area contributed by atoms with E-state index in [2.05, 4.69) is 0 Å². The van der Waals surface area contributed by atoms with Crippen LogP contribution in [0.3, 0.4) is 0 Å². The molecule has 1 aromatic carbocycles. The van der Waals surface area contributed by atoms with Crippen molar-refractivity contribution < 1.29 is 40.7 Å².